The molecule has 0 bridgehead atoms. The third kappa shape index (κ3) is 3.93. The number of amides is 2. The van der Waals surface area contributed by atoms with Crippen LogP contribution in [0.5, 0.6) is 0 Å². The predicted octanol–water partition coefficient (Wildman–Crippen LogP) is 6.43. The highest BCUT2D eigenvalue weighted by atomic mass is 19.4. The van der Waals surface area contributed by atoms with Crippen LogP contribution in [0.2, 0.25) is 0 Å². The minimum atomic E-state index is -5.04. The van der Waals surface area contributed by atoms with Crippen molar-refractivity contribution in [2.75, 3.05) is 10.6 Å². The van der Waals surface area contributed by atoms with E-state index < -0.39 is 41.1 Å². The number of halogens is 6. The van der Waals surface area contributed by atoms with Crippen LogP contribution in [0.3, 0.4) is 0 Å². The number of fused-ring (bicyclic) bond motifs is 1. The Balaban J connectivity index is 1.44. The molecule has 39 heavy (non-hydrogen) atoms. The van der Waals surface area contributed by atoms with Crippen LogP contribution in [0, 0.1) is 0 Å². The fraction of sp³-hybridized carbons (Fsp3) is 0.0769. The summed E-state index contributed by atoms with van der Waals surface area (Å²) in [7, 11) is 0. The van der Waals surface area contributed by atoms with Crippen LogP contribution in [-0.4, -0.2) is 26.6 Å². The number of benzene rings is 3. The largest absolute Gasteiger partial charge is 0.434 e. The van der Waals surface area contributed by atoms with Gasteiger partial charge in [0.2, 0.25) is 0 Å². The highest BCUT2D eigenvalue weighted by molar-refractivity contribution is 6.25. The molecule has 196 valence electrons. The summed E-state index contributed by atoms with van der Waals surface area (Å²) in [4.78, 5) is 28.6. The first-order valence-electron chi connectivity index (χ1n) is 11.2. The lowest BCUT2D eigenvalue weighted by atomic mass is 10.0. The molecule has 3 heterocycles. The van der Waals surface area contributed by atoms with Crippen molar-refractivity contribution < 1.29 is 35.9 Å². The van der Waals surface area contributed by atoms with E-state index in [2.05, 4.69) is 20.7 Å². The normalized spacial score (nSPS) is 13.2. The third-order valence-corrected chi connectivity index (χ3v) is 6.31. The first-order chi connectivity index (χ1) is 18.4. The van der Waals surface area contributed by atoms with Gasteiger partial charge in [-0.1, -0.05) is 18.2 Å². The first-order valence-corrected chi connectivity index (χ1v) is 11.2. The van der Waals surface area contributed by atoms with Crippen molar-refractivity contribution >= 4 is 44.7 Å². The Labute approximate surface area is 214 Å². The van der Waals surface area contributed by atoms with Gasteiger partial charge < -0.3 is 10.6 Å². The second-order valence-electron chi connectivity index (χ2n) is 8.68. The van der Waals surface area contributed by atoms with Gasteiger partial charge in [0.1, 0.15) is 0 Å². The van der Waals surface area contributed by atoms with Crippen LogP contribution in [0.15, 0.2) is 67.0 Å². The van der Waals surface area contributed by atoms with Gasteiger partial charge >= 0.3 is 12.4 Å². The maximum atomic E-state index is 14.3. The van der Waals surface area contributed by atoms with Gasteiger partial charge in [-0.2, -0.15) is 31.4 Å². The van der Waals surface area contributed by atoms with Crippen molar-refractivity contribution in [3.8, 4) is 5.69 Å². The summed E-state index contributed by atoms with van der Waals surface area (Å²) in [5, 5.41) is 9.27. The highest BCUT2D eigenvalue weighted by Gasteiger charge is 2.41. The molecular formula is C26H13F6N5O2. The SMILES string of the molecule is O=C(Nc1ccc2ccnc(C(F)(F)F)c2c1)c1cnn(-c2ccc3c4c(cccc24)C(=O)N3)c1C(F)(F)F. The molecule has 1 aliphatic heterocycles. The lowest BCUT2D eigenvalue weighted by molar-refractivity contribution is -0.143. The van der Waals surface area contributed by atoms with Crippen LogP contribution in [0.4, 0.5) is 37.7 Å². The van der Waals surface area contributed by atoms with E-state index in [4.69, 9.17) is 0 Å². The van der Waals surface area contributed by atoms with Crippen molar-refractivity contribution in [2.24, 2.45) is 0 Å². The molecule has 3 aromatic carbocycles. The summed E-state index contributed by atoms with van der Waals surface area (Å²) in [6, 6.07) is 12.3. The van der Waals surface area contributed by atoms with Gasteiger partial charge in [-0.25, -0.2) is 4.68 Å². The number of carbonyl (C=O) groups excluding carboxylic acids is 2. The van der Waals surface area contributed by atoms with E-state index in [0.717, 1.165) is 18.5 Å². The van der Waals surface area contributed by atoms with Crippen LogP contribution in [0.1, 0.15) is 32.1 Å². The Morgan fingerprint density at radius 2 is 1.72 bits per heavy atom. The number of aromatic nitrogens is 3. The predicted molar refractivity (Wildman–Crippen MR) is 129 cm³/mol. The second-order valence-corrected chi connectivity index (χ2v) is 8.68. The molecule has 13 heteroatoms. The van der Waals surface area contributed by atoms with Gasteiger partial charge in [0.25, 0.3) is 11.8 Å². The lowest BCUT2D eigenvalue weighted by Gasteiger charge is -2.15. The fourth-order valence-electron chi connectivity index (χ4n) is 4.70. The molecule has 0 unspecified atom stereocenters. The number of alkyl halides is 6. The van der Waals surface area contributed by atoms with E-state index in [0.29, 0.717) is 21.1 Å². The van der Waals surface area contributed by atoms with Crippen molar-refractivity contribution in [3.05, 3.63) is 89.5 Å². The third-order valence-electron chi connectivity index (χ3n) is 6.31. The Morgan fingerprint density at radius 3 is 2.46 bits per heavy atom. The van der Waals surface area contributed by atoms with E-state index >= 15 is 0 Å². The number of hydrogen-bond donors (Lipinski definition) is 2. The van der Waals surface area contributed by atoms with Crippen molar-refractivity contribution in [1.82, 2.24) is 14.8 Å². The smallest absolute Gasteiger partial charge is 0.322 e. The van der Waals surface area contributed by atoms with E-state index in [9.17, 15) is 35.9 Å². The molecule has 0 fully saturated rings. The van der Waals surface area contributed by atoms with Crippen LogP contribution in [0.25, 0.3) is 27.2 Å². The van der Waals surface area contributed by atoms with Crippen LogP contribution >= 0.6 is 0 Å². The molecule has 5 aromatic rings. The van der Waals surface area contributed by atoms with Crippen LogP contribution < -0.4 is 10.6 Å². The molecule has 0 spiro atoms. The Bertz CT molecular complexity index is 1840. The molecule has 2 N–H and O–H groups in total. The van der Waals surface area contributed by atoms with Crippen molar-refractivity contribution in [1.29, 1.82) is 0 Å². The molecule has 0 saturated heterocycles. The quantitative estimate of drug-likeness (QED) is 0.258. The maximum Gasteiger partial charge on any atom is 0.434 e. The molecule has 1 aliphatic rings. The Morgan fingerprint density at radius 1 is 0.923 bits per heavy atom. The summed E-state index contributed by atoms with van der Waals surface area (Å²) < 4.78 is 83.7. The number of hydrogen-bond acceptors (Lipinski definition) is 4. The molecule has 0 radical (unpaired) electrons. The highest BCUT2D eigenvalue weighted by Crippen LogP contribution is 2.40. The molecule has 2 aromatic heterocycles. The zero-order chi connectivity index (χ0) is 27.7. The average molecular weight is 541 g/mol. The molecule has 2 amide bonds. The maximum absolute atomic E-state index is 14.3. The van der Waals surface area contributed by atoms with Crippen molar-refractivity contribution in [2.45, 2.75) is 12.4 Å². The van der Waals surface area contributed by atoms with E-state index in [-0.39, 0.29) is 27.7 Å². The average Bonchev–Trinajstić information content (AvgIpc) is 3.46. The fourth-order valence-corrected chi connectivity index (χ4v) is 4.70. The monoisotopic (exact) mass is 541 g/mol. The number of anilines is 2. The summed E-state index contributed by atoms with van der Waals surface area (Å²) >= 11 is 0. The number of nitrogens with one attached hydrogen (secondary N) is 2. The number of nitrogens with zero attached hydrogens (tertiary/aromatic N) is 3. The van der Waals surface area contributed by atoms with E-state index in [1.165, 1.54) is 48.5 Å². The molecule has 0 atom stereocenters. The molecule has 7 nitrogen and oxygen atoms in total. The van der Waals surface area contributed by atoms with Gasteiger partial charge in [0, 0.05) is 39.3 Å². The topological polar surface area (TPSA) is 88.9 Å². The lowest BCUT2D eigenvalue weighted by Crippen LogP contribution is -2.21. The summed E-state index contributed by atoms with van der Waals surface area (Å²) in [5.74, 6) is -1.63. The number of carbonyl (C=O) groups is 2. The van der Waals surface area contributed by atoms with Crippen molar-refractivity contribution in [3.63, 3.8) is 0 Å². The first kappa shape index (κ1) is 24.4. The number of rotatable bonds is 3. The molecule has 0 saturated carbocycles. The van der Waals surface area contributed by atoms with Gasteiger partial charge in [-0.05, 0) is 41.8 Å². The molecular weight excluding hydrogens is 528 g/mol. The zero-order valence-electron chi connectivity index (χ0n) is 19.3. The second kappa shape index (κ2) is 8.28. The summed E-state index contributed by atoms with van der Waals surface area (Å²) in [6.07, 6.45) is -8.11. The van der Waals surface area contributed by atoms with Gasteiger partial charge in [-0.15, -0.1) is 0 Å². The Hall–Kier alpha value is -4.94. The Kier molecular flexibility index (Phi) is 5.18. The molecule has 6 rings (SSSR count). The number of pyridine rings is 1. The van der Waals surface area contributed by atoms with E-state index in [1.54, 1.807) is 0 Å². The standard InChI is InChI=1S/C26H13F6N5O2/c27-25(28,29)21-16-10-13(5-4-12(16)8-9-33-21)35-24(39)17-11-34-37(22(17)26(30,31)32)19-7-6-18-20-14(19)2-1-3-15(20)23(38)36-18/h1-11H,(H,35,39)(H,36,38). The summed E-state index contributed by atoms with van der Waals surface area (Å²) in [5.41, 5.74) is -2.91. The van der Waals surface area contributed by atoms with Crippen LogP contribution in [-0.2, 0) is 12.4 Å². The zero-order valence-corrected chi connectivity index (χ0v) is 19.3. The minimum absolute atomic E-state index is 0.0231. The summed E-state index contributed by atoms with van der Waals surface area (Å²) in [6.45, 7) is 0. The van der Waals surface area contributed by atoms with Gasteiger partial charge in [0.05, 0.1) is 17.4 Å². The van der Waals surface area contributed by atoms with E-state index in [1.807, 2.05) is 0 Å². The van der Waals surface area contributed by atoms with Gasteiger partial charge in [0.15, 0.2) is 11.4 Å². The minimum Gasteiger partial charge on any atom is -0.322 e. The molecule has 0 aliphatic carbocycles. The van der Waals surface area contributed by atoms with Gasteiger partial charge in [-0.3, -0.25) is 14.6 Å².